The van der Waals surface area contributed by atoms with Crippen LogP contribution in [0.15, 0.2) is 41.4 Å². The van der Waals surface area contributed by atoms with Crippen LogP contribution in [0.2, 0.25) is 0 Å². The van der Waals surface area contributed by atoms with E-state index in [4.69, 9.17) is 0 Å². The third-order valence-corrected chi connectivity index (χ3v) is 3.06. The van der Waals surface area contributed by atoms with Crippen molar-refractivity contribution in [1.82, 2.24) is 4.90 Å². The van der Waals surface area contributed by atoms with E-state index in [1.807, 2.05) is 6.08 Å². The van der Waals surface area contributed by atoms with Gasteiger partial charge in [-0.1, -0.05) is 47.5 Å². The van der Waals surface area contributed by atoms with Crippen molar-refractivity contribution >= 4 is 15.9 Å². The highest BCUT2D eigenvalue weighted by Gasteiger charge is 2.03. The Labute approximate surface area is 107 Å². The smallest absolute Gasteiger partial charge is 0.0237 e. The second-order valence-electron chi connectivity index (χ2n) is 4.00. The molecule has 0 spiro atoms. The summed E-state index contributed by atoms with van der Waals surface area (Å²) in [6, 6.07) is 8.54. The van der Waals surface area contributed by atoms with Crippen LogP contribution >= 0.6 is 15.9 Å². The summed E-state index contributed by atoms with van der Waals surface area (Å²) >= 11 is 3.45. The predicted molar refractivity (Wildman–Crippen MR) is 74.5 cm³/mol. The molecule has 0 N–H and O–H groups in total. The fourth-order valence-corrected chi connectivity index (χ4v) is 1.91. The first-order chi connectivity index (χ1) is 7.76. The molecule has 0 aliphatic rings. The molecule has 0 amide bonds. The molecule has 0 saturated heterocycles. The van der Waals surface area contributed by atoms with Gasteiger partial charge in [0, 0.05) is 17.6 Å². The first kappa shape index (κ1) is 13.5. The van der Waals surface area contributed by atoms with Crippen LogP contribution in [0.5, 0.6) is 0 Å². The van der Waals surface area contributed by atoms with Gasteiger partial charge in [0.2, 0.25) is 0 Å². The maximum Gasteiger partial charge on any atom is 0.0237 e. The van der Waals surface area contributed by atoms with E-state index in [0.717, 1.165) is 24.1 Å². The van der Waals surface area contributed by atoms with Gasteiger partial charge in [0.05, 0.1) is 0 Å². The Morgan fingerprint density at radius 3 is 2.56 bits per heavy atom. The fourth-order valence-electron chi connectivity index (χ4n) is 1.65. The Bertz CT molecular complexity index is 305. The molecule has 1 aromatic rings. The zero-order chi connectivity index (χ0) is 11.8. The van der Waals surface area contributed by atoms with Crippen molar-refractivity contribution in [1.29, 1.82) is 0 Å². The topological polar surface area (TPSA) is 3.24 Å². The predicted octanol–water partition coefficient (Wildman–Crippen LogP) is 4.24. The molecule has 0 bridgehead atoms. The number of rotatable bonds is 7. The second-order valence-corrected chi connectivity index (χ2v) is 4.92. The summed E-state index contributed by atoms with van der Waals surface area (Å²) in [6.07, 6.45) is 4.48. The van der Waals surface area contributed by atoms with Gasteiger partial charge in [-0.25, -0.2) is 0 Å². The number of nitrogens with zero attached hydrogens (tertiary/aromatic N) is 1. The Hall–Kier alpha value is -0.600. The van der Waals surface area contributed by atoms with Gasteiger partial charge in [0.1, 0.15) is 0 Å². The molecule has 0 fully saturated rings. The van der Waals surface area contributed by atoms with Gasteiger partial charge in [0.25, 0.3) is 0 Å². The molecule has 1 aromatic carbocycles. The first-order valence-corrected chi connectivity index (χ1v) is 6.63. The van der Waals surface area contributed by atoms with E-state index >= 15 is 0 Å². The summed E-state index contributed by atoms with van der Waals surface area (Å²) in [5.41, 5.74) is 1.36. The largest absolute Gasteiger partial charge is 0.295 e. The number of hydrogen-bond donors (Lipinski definition) is 0. The molecule has 0 heterocycles. The van der Waals surface area contributed by atoms with Crippen molar-refractivity contribution in [3.8, 4) is 0 Å². The lowest BCUT2D eigenvalue weighted by Gasteiger charge is -2.20. The number of benzene rings is 1. The minimum absolute atomic E-state index is 0.968. The highest BCUT2D eigenvalue weighted by atomic mass is 79.9. The minimum Gasteiger partial charge on any atom is -0.295 e. The average Bonchev–Trinajstić information content (AvgIpc) is 2.29. The summed E-state index contributed by atoms with van der Waals surface area (Å²) in [5, 5.41) is 0. The van der Waals surface area contributed by atoms with Crippen LogP contribution in [-0.4, -0.2) is 18.0 Å². The van der Waals surface area contributed by atoms with E-state index in [1.165, 1.54) is 18.4 Å². The van der Waals surface area contributed by atoms with Crippen molar-refractivity contribution < 1.29 is 0 Å². The van der Waals surface area contributed by atoms with Crippen LogP contribution < -0.4 is 0 Å². The standard InChI is InChI=1S/C14H20BrN/c1-3-5-11-16(10-4-2)12-13-6-8-14(15)9-7-13/h4,6-9H,2-3,5,10-12H2,1H3. The third-order valence-electron chi connectivity index (χ3n) is 2.53. The van der Waals surface area contributed by atoms with Gasteiger partial charge in [-0.2, -0.15) is 0 Å². The summed E-state index contributed by atoms with van der Waals surface area (Å²) in [7, 11) is 0. The highest BCUT2D eigenvalue weighted by molar-refractivity contribution is 9.10. The molecule has 0 saturated carbocycles. The molecule has 1 nitrogen and oxygen atoms in total. The molecule has 0 aromatic heterocycles. The van der Waals surface area contributed by atoms with Crippen LogP contribution in [0, 0.1) is 0 Å². The van der Waals surface area contributed by atoms with Crippen molar-refractivity contribution in [2.24, 2.45) is 0 Å². The van der Waals surface area contributed by atoms with E-state index in [0.29, 0.717) is 0 Å². The van der Waals surface area contributed by atoms with Crippen molar-refractivity contribution in [3.05, 3.63) is 47.0 Å². The first-order valence-electron chi connectivity index (χ1n) is 5.84. The Morgan fingerprint density at radius 2 is 2.00 bits per heavy atom. The van der Waals surface area contributed by atoms with E-state index in [9.17, 15) is 0 Å². The highest BCUT2D eigenvalue weighted by Crippen LogP contribution is 2.12. The maximum absolute atomic E-state index is 3.82. The van der Waals surface area contributed by atoms with Crippen LogP contribution in [0.4, 0.5) is 0 Å². The number of hydrogen-bond acceptors (Lipinski definition) is 1. The minimum atomic E-state index is 0.968. The molecule has 0 aliphatic carbocycles. The molecule has 0 radical (unpaired) electrons. The summed E-state index contributed by atoms with van der Waals surface area (Å²) in [4.78, 5) is 2.43. The molecule has 2 heteroatoms. The zero-order valence-corrected chi connectivity index (χ0v) is 11.5. The molecule has 88 valence electrons. The van der Waals surface area contributed by atoms with Gasteiger partial charge in [-0.05, 0) is 30.7 Å². The van der Waals surface area contributed by atoms with Gasteiger partial charge < -0.3 is 0 Å². The van der Waals surface area contributed by atoms with Gasteiger partial charge >= 0.3 is 0 Å². The van der Waals surface area contributed by atoms with Crippen LogP contribution in [0.1, 0.15) is 25.3 Å². The SMILES string of the molecule is C=CCN(CCCC)Cc1ccc(Br)cc1. The van der Waals surface area contributed by atoms with Crippen molar-refractivity contribution in [2.75, 3.05) is 13.1 Å². The van der Waals surface area contributed by atoms with Gasteiger partial charge in [-0.3, -0.25) is 4.90 Å². The molecular formula is C14H20BrN. The van der Waals surface area contributed by atoms with E-state index < -0.39 is 0 Å². The second kappa shape index (κ2) is 7.64. The van der Waals surface area contributed by atoms with Crippen LogP contribution in [0.25, 0.3) is 0 Å². The van der Waals surface area contributed by atoms with Crippen molar-refractivity contribution in [3.63, 3.8) is 0 Å². The Balaban J connectivity index is 2.52. The maximum atomic E-state index is 3.82. The quantitative estimate of drug-likeness (QED) is 0.676. The molecule has 0 aliphatic heterocycles. The van der Waals surface area contributed by atoms with Crippen LogP contribution in [-0.2, 0) is 6.54 Å². The lowest BCUT2D eigenvalue weighted by atomic mass is 10.2. The Morgan fingerprint density at radius 1 is 1.31 bits per heavy atom. The van der Waals surface area contributed by atoms with Gasteiger partial charge in [-0.15, -0.1) is 6.58 Å². The van der Waals surface area contributed by atoms with E-state index in [1.54, 1.807) is 0 Å². The Kier molecular flexibility index (Phi) is 6.43. The summed E-state index contributed by atoms with van der Waals surface area (Å²) in [5.74, 6) is 0. The van der Waals surface area contributed by atoms with E-state index in [-0.39, 0.29) is 0 Å². The lowest BCUT2D eigenvalue weighted by Crippen LogP contribution is -2.24. The lowest BCUT2D eigenvalue weighted by molar-refractivity contribution is 0.289. The monoisotopic (exact) mass is 281 g/mol. The van der Waals surface area contributed by atoms with Crippen molar-refractivity contribution in [2.45, 2.75) is 26.3 Å². The zero-order valence-electron chi connectivity index (χ0n) is 9.95. The molecule has 16 heavy (non-hydrogen) atoms. The van der Waals surface area contributed by atoms with Crippen LogP contribution in [0.3, 0.4) is 0 Å². The number of halogens is 1. The summed E-state index contributed by atoms with van der Waals surface area (Å²) in [6.45, 7) is 9.18. The molecule has 0 atom stereocenters. The molecular weight excluding hydrogens is 262 g/mol. The third kappa shape index (κ3) is 4.95. The number of unbranched alkanes of at least 4 members (excludes halogenated alkanes) is 1. The fraction of sp³-hybridized carbons (Fsp3) is 0.429. The normalized spacial score (nSPS) is 10.7. The summed E-state index contributed by atoms with van der Waals surface area (Å²) < 4.78 is 1.14. The van der Waals surface area contributed by atoms with Gasteiger partial charge in [0.15, 0.2) is 0 Å². The molecule has 0 unspecified atom stereocenters. The average molecular weight is 282 g/mol. The molecule has 1 rings (SSSR count). The van der Waals surface area contributed by atoms with E-state index in [2.05, 4.69) is 58.6 Å².